The van der Waals surface area contributed by atoms with E-state index in [-0.39, 0.29) is 0 Å². The maximum Gasteiger partial charge on any atom is 0.140 e. The summed E-state index contributed by atoms with van der Waals surface area (Å²) in [6, 6.07) is 21.9. The molecule has 3 nitrogen and oxygen atoms in total. The second-order valence-corrected chi connectivity index (χ2v) is 7.89. The Hall–Kier alpha value is -2.39. The number of imidazole rings is 1. The predicted octanol–water partition coefficient (Wildman–Crippen LogP) is 6.16. The van der Waals surface area contributed by atoms with Crippen LogP contribution in [0.3, 0.4) is 0 Å². The van der Waals surface area contributed by atoms with Gasteiger partial charge in [-0.25, -0.2) is 4.98 Å². The first kappa shape index (κ1) is 21.3. The SMILES string of the molecule is CCCCn1c(-c2ccccc2)nc(CNC(CCC)Cc2ccccc2)c1C. The molecule has 0 saturated heterocycles. The molecule has 1 aromatic heterocycles. The molecular formula is C26H35N3. The fourth-order valence-electron chi connectivity index (χ4n) is 3.91. The number of aromatic nitrogens is 2. The predicted molar refractivity (Wildman–Crippen MR) is 123 cm³/mol. The lowest BCUT2D eigenvalue weighted by Crippen LogP contribution is -2.31. The lowest BCUT2D eigenvalue weighted by Gasteiger charge is -2.18. The summed E-state index contributed by atoms with van der Waals surface area (Å²) < 4.78 is 2.40. The number of rotatable bonds is 11. The highest BCUT2D eigenvalue weighted by molar-refractivity contribution is 5.56. The van der Waals surface area contributed by atoms with E-state index in [1.54, 1.807) is 0 Å². The molecule has 1 heterocycles. The summed E-state index contributed by atoms with van der Waals surface area (Å²) in [6.45, 7) is 8.58. The van der Waals surface area contributed by atoms with Gasteiger partial charge in [-0.05, 0) is 31.7 Å². The molecule has 3 heteroatoms. The van der Waals surface area contributed by atoms with Crippen LogP contribution in [0.25, 0.3) is 11.4 Å². The summed E-state index contributed by atoms with van der Waals surface area (Å²) >= 11 is 0. The topological polar surface area (TPSA) is 29.9 Å². The molecule has 0 aliphatic heterocycles. The Labute approximate surface area is 176 Å². The van der Waals surface area contributed by atoms with E-state index in [0.717, 1.165) is 25.3 Å². The third-order valence-corrected chi connectivity index (χ3v) is 5.61. The zero-order valence-corrected chi connectivity index (χ0v) is 18.2. The molecule has 1 unspecified atom stereocenters. The van der Waals surface area contributed by atoms with Crippen molar-refractivity contribution < 1.29 is 0 Å². The maximum absolute atomic E-state index is 5.07. The number of unbranched alkanes of at least 4 members (excludes halogenated alkanes) is 1. The third kappa shape index (κ3) is 5.80. The van der Waals surface area contributed by atoms with Crippen LogP contribution < -0.4 is 5.32 Å². The van der Waals surface area contributed by atoms with Crippen LogP contribution in [0.1, 0.15) is 56.5 Å². The van der Waals surface area contributed by atoms with Gasteiger partial charge in [0.15, 0.2) is 0 Å². The monoisotopic (exact) mass is 389 g/mol. The van der Waals surface area contributed by atoms with E-state index in [1.807, 2.05) is 0 Å². The third-order valence-electron chi connectivity index (χ3n) is 5.61. The van der Waals surface area contributed by atoms with Crippen molar-refractivity contribution in [3.05, 3.63) is 77.6 Å². The minimum atomic E-state index is 0.475. The molecule has 2 aromatic carbocycles. The Morgan fingerprint density at radius 3 is 2.28 bits per heavy atom. The minimum Gasteiger partial charge on any atom is -0.328 e. The number of nitrogens with one attached hydrogen (secondary N) is 1. The van der Waals surface area contributed by atoms with Crippen molar-refractivity contribution in [3.63, 3.8) is 0 Å². The van der Waals surface area contributed by atoms with Crippen LogP contribution in [0.2, 0.25) is 0 Å². The number of nitrogens with zero attached hydrogens (tertiary/aromatic N) is 2. The van der Waals surface area contributed by atoms with Gasteiger partial charge in [-0.1, -0.05) is 87.4 Å². The zero-order valence-electron chi connectivity index (χ0n) is 18.2. The quantitative estimate of drug-likeness (QED) is 0.426. The standard InChI is InChI=1S/C26H35N3/c1-4-6-18-29-21(3)25(28-26(29)23-16-11-8-12-17-23)20-27-24(13-5-2)19-22-14-9-7-10-15-22/h7-12,14-17,24,27H,4-6,13,18-20H2,1-3H3. The smallest absolute Gasteiger partial charge is 0.140 e. The molecule has 0 aliphatic rings. The van der Waals surface area contributed by atoms with Gasteiger partial charge in [0.05, 0.1) is 5.69 Å². The first-order valence-electron chi connectivity index (χ1n) is 11.1. The highest BCUT2D eigenvalue weighted by Crippen LogP contribution is 2.23. The summed E-state index contributed by atoms with van der Waals surface area (Å²) in [5.74, 6) is 1.10. The van der Waals surface area contributed by atoms with Gasteiger partial charge in [0.25, 0.3) is 0 Å². The molecule has 0 radical (unpaired) electrons. The van der Waals surface area contributed by atoms with E-state index >= 15 is 0 Å². The number of hydrogen-bond donors (Lipinski definition) is 1. The van der Waals surface area contributed by atoms with Crippen molar-refractivity contribution in [2.24, 2.45) is 0 Å². The summed E-state index contributed by atoms with van der Waals surface area (Å²) in [6.07, 6.45) is 5.79. The molecule has 0 amide bonds. The Morgan fingerprint density at radius 1 is 0.931 bits per heavy atom. The summed E-state index contributed by atoms with van der Waals surface area (Å²) in [7, 11) is 0. The highest BCUT2D eigenvalue weighted by Gasteiger charge is 2.16. The Morgan fingerprint density at radius 2 is 1.62 bits per heavy atom. The van der Waals surface area contributed by atoms with Gasteiger partial charge in [0.1, 0.15) is 5.82 Å². The van der Waals surface area contributed by atoms with Gasteiger partial charge in [0.2, 0.25) is 0 Å². The number of hydrogen-bond acceptors (Lipinski definition) is 2. The molecular weight excluding hydrogens is 354 g/mol. The first-order valence-corrected chi connectivity index (χ1v) is 11.1. The van der Waals surface area contributed by atoms with Crippen molar-refractivity contribution in [3.8, 4) is 11.4 Å². The van der Waals surface area contributed by atoms with Crippen molar-refractivity contribution in [1.82, 2.24) is 14.9 Å². The molecule has 1 N–H and O–H groups in total. The largest absolute Gasteiger partial charge is 0.328 e. The van der Waals surface area contributed by atoms with Crippen molar-refractivity contribution >= 4 is 0 Å². The molecule has 1 atom stereocenters. The van der Waals surface area contributed by atoms with Crippen molar-refractivity contribution in [2.45, 2.75) is 72.0 Å². The highest BCUT2D eigenvalue weighted by atomic mass is 15.1. The van der Waals surface area contributed by atoms with E-state index in [0.29, 0.717) is 6.04 Å². The van der Waals surface area contributed by atoms with E-state index < -0.39 is 0 Å². The van der Waals surface area contributed by atoms with Crippen molar-refractivity contribution in [2.75, 3.05) is 0 Å². The van der Waals surface area contributed by atoms with Crippen LogP contribution in [0.5, 0.6) is 0 Å². The van der Waals surface area contributed by atoms with Gasteiger partial charge in [0, 0.05) is 30.4 Å². The Balaban J connectivity index is 1.77. The lowest BCUT2D eigenvalue weighted by molar-refractivity contribution is 0.468. The minimum absolute atomic E-state index is 0.475. The molecule has 0 saturated carbocycles. The van der Waals surface area contributed by atoms with Crippen LogP contribution in [0, 0.1) is 6.92 Å². The maximum atomic E-state index is 5.07. The van der Waals surface area contributed by atoms with Crippen LogP contribution in [0.15, 0.2) is 60.7 Å². The first-order chi connectivity index (χ1) is 14.2. The van der Waals surface area contributed by atoms with Crippen LogP contribution in [-0.4, -0.2) is 15.6 Å². The van der Waals surface area contributed by atoms with Gasteiger partial charge in [-0.2, -0.15) is 0 Å². The molecule has 0 bridgehead atoms. The Kier molecular flexibility index (Phi) is 8.06. The van der Waals surface area contributed by atoms with Crippen LogP contribution in [0.4, 0.5) is 0 Å². The number of benzene rings is 2. The molecule has 29 heavy (non-hydrogen) atoms. The van der Waals surface area contributed by atoms with E-state index in [2.05, 4.69) is 91.3 Å². The van der Waals surface area contributed by atoms with E-state index in [1.165, 1.54) is 48.2 Å². The molecule has 154 valence electrons. The normalized spacial score (nSPS) is 12.2. The zero-order chi connectivity index (χ0) is 20.5. The van der Waals surface area contributed by atoms with E-state index in [4.69, 9.17) is 4.98 Å². The molecule has 0 fully saturated rings. The fraction of sp³-hybridized carbons (Fsp3) is 0.423. The average Bonchev–Trinajstić information content (AvgIpc) is 3.07. The van der Waals surface area contributed by atoms with Gasteiger partial charge in [-0.3, -0.25) is 0 Å². The second kappa shape index (κ2) is 11.0. The fourth-order valence-corrected chi connectivity index (χ4v) is 3.91. The summed E-state index contributed by atoms with van der Waals surface area (Å²) in [4.78, 5) is 5.07. The van der Waals surface area contributed by atoms with Gasteiger partial charge >= 0.3 is 0 Å². The molecule has 3 aromatic rings. The molecule has 0 spiro atoms. The Bertz CT molecular complexity index is 852. The van der Waals surface area contributed by atoms with E-state index in [9.17, 15) is 0 Å². The van der Waals surface area contributed by atoms with Crippen molar-refractivity contribution in [1.29, 1.82) is 0 Å². The second-order valence-electron chi connectivity index (χ2n) is 7.89. The molecule has 0 aliphatic carbocycles. The van der Waals surface area contributed by atoms with Gasteiger partial charge in [-0.15, -0.1) is 0 Å². The lowest BCUT2D eigenvalue weighted by atomic mass is 10.0. The van der Waals surface area contributed by atoms with Gasteiger partial charge < -0.3 is 9.88 Å². The average molecular weight is 390 g/mol. The molecule has 3 rings (SSSR count). The summed E-state index contributed by atoms with van der Waals surface area (Å²) in [5, 5.41) is 3.80. The van der Waals surface area contributed by atoms with Crippen LogP contribution >= 0.6 is 0 Å². The van der Waals surface area contributed by atoms with Crippen LogP contribution in [-0.2, 0) is 19.5 Å². The summed E-state index contributed by atoms with van der Waals surface area (Å²) in [5.41, 5.74) is 5.06.